The zero-order valence-electron chi connectivity index (χ0n) is 8.28. The summed E-state index contributed by atoms with van der Waals surface area (Å²) in [4.78, 5) is 21.6. The third kappa shape index (κ3) is 0.959. The Morgan fingerprint density at radius 2 is 1.50 bits per heavy atom. The summed E-state index contributed by atoms with van der Waals surface area (Å²) < 4.78 is 0. The van der Waals surface area contributed by atoms with Crippen LogP contribution in [-0.4, -0.2) is 12.6 Å². The van der Waals surface area contributed by atoms with Crippen molar-refractivity contribution in [2.45, 2.75) is 0 Å². The summed E-state index contributed by atoms with van der Waals surface area (Å²) in [5, 5.41) is 0. The molecule has 0 aliphatic heterocycles. The lowest BCUT2D eigenvalue weighted by molar-refractivity contribution is 0.558. The minimum atomic E-state index is 0.281. The molecule has 0 atom stereocenters. The van der Waals surface area contributed by atoms with Gasteiger partial charge in [-0.3, -0.25) is 9.59 Å². The second kappa shape index (κ2) is 3.14. The summed E-state index contributed by atoms with van der Waals surface area (Å²) >= 11 is 0. The number of rotatable bonds is 2. The summed E-state index contributed by atoms with van der Waals surface area (Å²) in [6, 6.07) is 11.3. The molecule has 16 heavy (non-hydrogen) atoms. The van der Waals surface area contributed by atoms with E-state index in [1.807, 2.05) is 36.6 Å². The fourth-order valence-corrected chi connectivity index (χ4v) is 2.17. The average molecular weight is 206 g/mol. The van der Waals surface area contributed by atoms with Gasteiger partial charge < -0.3 is 0 Å². The van der Waals surface area contributed by atoms with Gasteiger partial charge in [0.1, 0.15) is 0 Å². The fourth-order valence-electron chi connectivity index (χ4n) is 2.17. The Morgan fingerprint density at radius 3 is 2.19 bits per heavy atom. The Labute approximate surface area is 92.5 Å². The lowest BCUT2D eigenvalue weighted by Gasteiger charge is -2.25. The van der Waals surface area contributed by atoms with Gasteiger partial charge in [-0.2, -0.15) is 0 Å². The molecule has 0 bridgehead atoms. The molecule has 0 N–H and O–H groups in total. The van der Waals surface area contributed by atoms with Crippen LogP contribution >= 0.6 is 0 Å². The second-order valence-corrected chi connectivity index (χ2v) is 3.66. The van der Waals surface area contributed by atoms with E-state index >= 15 is 0 Å². The van der Waals surface area contributed by atoms with Crippen LogP contribution in [0.5, 0.6) is 0 Å². The van der Waals surface area contributed by atoms with Gasteiger partial charge in [0.25, 0.3) is 0 Å². The van der Waals surface area contributed by atoms with Crippen molar-refractivity contribution in [2.75, 3.05) is 0 Å². The number of hydrogen-bond donors (Lipinski definition) is 0. The molecule has 0 saturated heterocycles. The van der Waals surface area contributed by atoms with Crippen LogP contribution in [0.1, 0.15) is 11.1 Å². The van der Waals surface area contributed by atoms with Gasteiger partial charge in [0, 0.05) is 16.7 Å². The standard InChI is InChI=1S/C14H6O2/c15-7-9-5-6-12-10-3-1-2-4-11(10)14(12)13(9)8-16/h1-6H. The lowest BCUT2D eigenvalue weighted by atomic mass is 9.77. The highest BCUT2D eigenvalue weighted by molar-refractivity contribution is 6.11. The summed E-state index contributed by atoms with van der Waals surface area (Å²) in [5.74, 6) is 0. The molecule has 1 aliphatic rings. The first-order chi connectivity index (χ1) is 7.86. The monoisotopic (exact) mass is 206 g/mol. The SMILES string of the molecule is O=[C]c1ccc2c(c1[C]=O)-c1ccccc1-2. The van der Waals surface area contributed by atoms with Crippen molar-refractivity contribution in [2.24, 2.45) is 0 Å². The summed E-state index contributed by atoms with van der Waals surface area (Å²) in [5.41, 5.74) is 4.56. The number of benzene rings is 2. The highest BCUT2D eigenvalue weighted by Gasteiger charge is 2.26. The van der Waals surface area contributed by atoms with E-state index in [1.165, 1.54) is 0 Å². The summed E-state index contributed by atoms with van der Waals surface area (Å²) in [7, 11) is 0. The zero-order valence-corrected chi connectivity index (χ0v) is 8.28. The first-order valence-corrected chi connectivity index (χ1v) is 4.90. The molecule has 0 amide bonds. The number of fused-ring (bicyclic) bond motifs is 4. The molecule has 2 aromatic carbocycles. The predicted octanol–water partition coefficient (Wildman–Crippen LogP) is 2.25. The smallest absolute Gasteiger partial charge is 0.234 e. The fraction of sp³-hybridized carbons (Fsp3) is 0. The first-order valence-electron chi connectivity index (χ1n) is 4.90. The maximum absolute atomic E-state index is 10.9. The van der Waals surface area contributed by atoms with Crippen LogP contribution in [0.15, 0.2) is 36.4 Å². The highest BCUT2D eigenvalue weighted by Crippen LogP contribution is 2.48. The summed E-state index contributed by atoms with van der Waals surface area (Å²) in [6.45, 7) is 0. The molecule has 0 spiro atoms. The maximum Gasteiger partial charge on any atom is 0.234 e. The van der Waals surface area contributed by atoms with Crippen LogP contribution in [0.3, 0.4) is 0 Å². The Kier molecular flexibility index (Phi) is 1.77. The van der Waals surface area contributed by atoms with Crippen LogP contribution in [0.2, 0.25) is 0 Å². The van der Waals surface area contributed by atoms with Gasteiger partial charge in [0.05, 0.1) is 0 Å². The van der Waals surface area contributed by atoms with E-state index in [0.29, 0.717) is 5.56 Å². The number of carbonyl (C=O) groups excluding carboxylic acids is 2. The van der Waals surface area contributed by atoms with E-state index in [-0.39, 0.29) is 5.56 Å². The van der Waals surface area contributed by atoms with Crippen LogP contribution < -0.4 is 0 Å². The number of hydrogen-bond acceptors (Lipinski definition) is 2. The molecule has 0 fully saturated rings. The van der Waals surface area contributed by atoms with Crippen LogP contribution in [0.25, 0.3) is 22.3 Å². The molecule has 2 heteroatoms. The van der Waals surface area contributed by atoms with Crippen molar-refractivity contribution in [3.8, 4) is 22.3 Å². The molecular formula is C14H6O2. The Morgan fingerprint density at radius 1 is 0.750 bits per heavy atom. The summed E-state index contributed by atoms with van der Waals surface area (Å²) in [6.07, 6.45) is 3.60. The topological polar surface area (TPSA) is 34.1 Å². The molecule has 3 rings (SSSR count). The van der Waals surface area contributed by atoms with Gasteiger partial charge in [-0.15, -0.1) is 0 Å². The van der Waals surface area contributed by atoms with E-state index in [9.17, 15) is 9.59 Å². The Bertz CT molecular complexity index is 612. The van der Waals surface area contributed by atoms with Crippen molar-refractivity contribution in [1.29, 1.82) is 0 Å². The van der Waals surface area contributed by atoms with Crippen molar-refractivity contribution in [1.82, 2.24) is 0 Å². The van der Waals surface area contributed by atoms with E-state index in [0.717, 1.165) is 22.3 Å². The van der Waals surface area contributed by atoms with Gasteiger partial charge in [-0.1, -0.05) is 30.3 Å². The van der Waals surface area contributed by atoms with E-state index < -0.39 is 0 Å². The Hall–Kier alpha value is -2.22. The van der Waals surface area contributed by atoms with Crippen LogP contribution in [-0.2, 0) is 9.59 Å². The van der Waals surface area contributed by atoms with Gasteiger partial charge >= 0.3 is 0 Å². The lowest BCUT2D eigenvalue weighted by Crippen LogP contribution is -2.05. The quantitative estimate of drug-likeness (QED) is 0.644. The van der Waals surface area contributed by atoms with Gasteiger partial charge in [0.2, 0.25) is 12.6 Å². The molecule has 74 valence electrons. The highest BCUT2D eigenvalue weighted by atomic mass is 16.1. The molecule has 0 aromatic heterocycles. The average Bonchev–Trinajstić information content (AvgIpc) is 2.34. The van der Waals surface area contributed by atoms with Crippen LogP contribution in [0.4, 0.5) is 0 Å². The van der Waals surface area contributed by atoms with Gasteiger partial charge in [-0.25, -0.2) is 0 Å². The largest absolute Gasteiger partial charge is 0.285 e. The molecule has 0 saturated carbocycles. The maximum atomic E-state index is 10.9. The van der Waals surface area contributed by atoms with E-state index in [2.05, 4.69) is 0 Å². The second-order valence-electron chi connectivity index (χ2n) is 3.66. The minimum Gasteiger partial charge on any atom is -0.285 e. The van der Waals surface area contributed by atoms with Gasteiger partial charge in [0.15, 0.2) is 0 Å². The van der Waals surface area contributed by atoms with Crippen LogP contribution in [0, 0.1) is 0 Å². The van der Waals surface area contributed by atoms with Crippen molar-refractivity contribution >= 4 is 12.6 Å². The zero-order chi connectivity index (χ0) is 11.1. The first kappa shape index (κ1) is 9.04. The molecule has 1 aliphatic carbocycles. The molecular weight excluding hydrogens is 200 g/mol. The third-order valence-corrected chi connectivity index (χ3v) is 2.90. The molecule has 2 radical (unpaired) electrons. The van der Waals surface area contributed by atoms with Gasteiger partial charge in [-0.05, 0) is 22.8 Å². The van der Waals surface area contributed by atoms with E-state index in [1.54, 1.807) is 12.4 Å². The minimum absolute atomic E-state index is 0.281. The molecule has 0 heterocycles. The molecule has 2 aromatic rings. The normalized spacial score (nSPS) is 11.0. The third-order valence-electron chi connectivity index (χ3n) is 2.90. The molecule has 2 nitrogen and oxygen atoms in total. The van der Waals surface area contributed by atoms with E-state index in [4.69, 9.17) is 0 Å². The van der Waals surface area contributed by atoms with Crippen molar-refractivity contribution in [3.05, 3.63) is 47.5 Å². The van der Waals surface area contributed by atoms with Crippen molar-refractivity contribution in [3.63, 3.8) is 0 Å². The predicted molar refractivity (Wildman–Crippen MR) is 60.5 cm³/mol. The van der Waals surface area contributed by atoms with Crippen molar-refractivity contribution < 1.29 is 9.59 Å². The Balaban J connectivity index is 2.33. The molecule has 0 unspecified atom stereocenters.